The van der Waals surface area contributed by atoms with Gasteiger partial charge in [-0.25, -0.2) is 4.98 Å². The molecular formula is C16H26N2O. The number of aromatic nitrogens is 1. The number of anilines is 1. The van der Waals surface area contributed by atoms with Gasteiger partial charge in [0.15, 0.2) is 0 Å². The molecule has 0 bridgehead atoms. The van der Waals surface area contributed by atoms with Gasteiger partial charge in [-0.15, -0.1) is 0 Å². The van der Waals surface area contributed by atoms with Crippen LogP contribution in [0.15, 0.2) is 18.3 Å². The molecule has 0 radical (unpaired) electrons. The molecule has 2 rings (SSSR count). The summed E-state index contributed by atoms with van der Waals surface area (Å²) in [7, 11) is 0. The number of hydrogen-bond donors (Lipinski definition) is 1. The molecule has 1 aromatic rings. The summed E-state index contributed by atoms with van der Waals surface area (Å²) in [4.78, 5) is 6.85. The van der Waals surface area contributed by atoms with E-state index in [-0.39, 0.29) is 0 Å². The number of nitrogens with zero attached hydrogens (tertiary/aromatic N) is 2. The highest BCUT2D eigenvalue weighted by Gasteiger charge is 2.22. The van der Waals surface area contributed by atoms with Crippen molar-refractivity contribution in [1.82, 2.24) is 4.98 Å². The van der Waals surface area contributed by atoms with Crippen molar-refractivity contribution in [2.45, 2.75) is 46.1 Å². The molecule has 1 aliphatic rings. The maximum atomic E-state index is 9.88. The molecule has 2 heterocycles. The average Bonchev–Trinajstić information content (AvgIpc) is 2.64. The molecular weight excluding hydrogens is 236 g/mol. The fourth-order valence-corrected chi connectivity index (χ4v) is 3.00. The number of hydrogen-bond acceptors (Lipinski definition) is 3. The van der Waals surface area contributed by atoms with E-state index in [9.17, 15) is 5.11 Å². The van der Waals surface area contributed by atoms with Gasteiger partial charge in [0, 0.05) is 24.8 Å². The second-order valence-electron chi connectivity index (χ2n) is 6.01. The van der Waals surface area contributed by atoms with Crippen LogP contribution in [0.1, 0.15) is 51.7 Å². The van der Waals surface area contributed by atoms with Crippen molar-refractivity contribution < 1.29 is 5.11 Å². The predicted molar refractivity (Wildman–Crippen MR) is 79.3 cm³/mol. The first-order valence-electron chi connectivity index (χ1n) is 7.47. The van der Waals surface area contributed by atoms with Gasteiger partial charge in [0.25, 0.3) is 0 Å². The van der Waals surface area contributed by atoms with Crippen molar-refractivity contribution in [2.75, 3.05) is 18.0 Å². The molecule has 1 aromatic heterocycles. The van der Waals surface area contributed by atoms with Crippen LogP contribution in [0.25, 0.3) is 0 Å². The lowest BCUT2D eigenvalue weighted by molar-refractivity contribution is 0.199. The van der Waals surface area contributed by atoms with Gasteiger partial charge in [-0.3, -0.25) is 0 Å². The van der Waals surface area contributed by atoms with Gasteiger partial charge in [0.1, 0.15) is 5.82 Å². The molecule has 19 heavy (non-hydrogen) atoms. The van der Waals surface area contributed by atoms with E-state index in [4.69, 9.17) is 0 Å². The van der Waals surface area contributed by atoms with Crippen LogP contribution >= 0.6 is 0 Å². The molecule has 1 N–H and O–H groups in total. The molecule has 3 heteroatoms. The van der Waals surface area contributed by atoms with Gasteiger partial charge in [0.2, 0.25) is 0 Å². The van der Waals surface area contributed by atoms with Crippen LogP contribution < -0.4 is 4.90 Å². The molecule has 1 aliphatic heterocycles. The molecule has 1 saturated heterocycles. The number of aliphatic hydroxyl groups excluding tert-OH is 1. The van der Waals surface area contributed by atoms with Crippen LogP contribution in [0, 0.1) is 11.8 Å². The lowest BCUT2D eigenvalue weighted by atomic mass is 9.89. The van der Waals surface area contributed by atoms with Crippen LogP contribution in [-0.4, -0.2) is 23.2 Å². The summed E-state index contributed by atoms with van der Waals surface area (Å²) in [6.07, 6.45) is 5.14. The minimum Gasteiger partial charge on any atom is -0.389 e. The average molecular weight is 262 g/mol. The standard InChI is InChI=1S/C16H26N2O/c1-12(2)14-6-5-10-18(11-8-14)16-15(13(3)19)7-4-9-17-16/h4,7,9,12-14,19H,5-6,8,10-11H2,1-3H3/t13-,14?/m0/s1. The van der Waals surface area contributed by atoms with Gasteiger partial charge in [0.05, 0.1) is 6.10 Å². The molecule has 0 spiro atoms. The Morgan fingerprint density at radius 1 is 1.26 bits per heavy atom. The lowest BCUT2D eigenvalue weighted by Gasteiger charge is -2.25. The van der Waals surface area contributed by atoms with E-state index < -0.39 is 6.10 Å². The second kappa shape index (κ2) is 6.38. The Morgan fingerprint density at radius 2 is 2.05 bits per heavy atom. The first kappa shape index (κ1) is 14.3. The largest absolute Gasteiger partial charge is 0.389 e. The first-order valence-corrected chi connectivity index (χ1v) is 7.47. The van der Waals surface area contributed by atoms with Gasteiger partial charge < -0.3 is 10.0 Å². The third-order valence-corrected chi connectivity index (χ3v) is 4.28. The van der Waals surface area contributed by atoms with Crippen molar-refractivity contribution in [1.29, 1.82) is 0 Å². The van der Waals surface area contributed by atoms with Crippen LogP contribution in [0.3, 0.4) is 0 Å². The van der Waals surface area contributed by atoms with Crippen molar-refractivity contribution in [2.24, 2.45) is 11.8 Å². The summed E-state index contributed by atoms with van der Waals surface area (Å²) in [5.41, 5.74) is 0.950. The predicted octanol–water partition coefficient (Wildman–Crippen LogP) is 3.40. The molecule has 106 valence electrons. The molecule has 1 fully saturated rings. The second-order valence-corrected chi connectivity index (χ2v) is 6.01. The zero-order chi connectivity index (χ0) is 13.8. The topological polar surface area (TPSA) is 36.4 Å². The molecule has 3 nitrogen and oxygen atoms in total. The summed E-state index contributed by atoms with van der Waals surface area (Å²) in [6.45, 7) is 8.57. The van der Waals surface area contributed by atoms with Gasteiger partial charge in [-0.2, -0.15) is 0 Å². The van der Waals surface area contributed by atoms with Crippen molar-refractivity contribution in [3.8, 4) is 0 Å². The minimum absolute atomic E-state index is 0.451. The van der Waals surface area contributed by atoms with E-state index in [0.717, 1.165) is 36.3 Å². The highest BCUT2D eigenvalue weighted by molar-refractivity contribution is 5.47. The Balaban J connectivity index is 2.14. The summed E-state index contributed by atoms with van der Waals surface area (Å²) >= 11 is 0. The fraction of sp³-hybridized carbons (Fsp3) is 0.688. The molecule has 0 saturated carbocycles. The summed E-state index contributed by atoms with van der Waals surface area (Å²) in [5, 5.41) is 9.88. The van der Waals surface area contributed by atoms with Crippen molar-refractivity contribution >= 4 is 5.82 Å². The molecule has 2 atom stereocenters. The number of pyridine rings is 1. The van der Waals surface area contributed by atoms with Crippen LogP contribution in [-0.2, 0) is 0 Å². The Kier molecular flexibility index (Phi) is 4.81. The van der Waals surface area contributed by atoms with E-state index in [1.54, 1.807) is 0 Å². The quantitative estimate of drug-likeness (QED) is 0.907. The first-order chi connectivity index (χ1) is 9.09. The summed E-state index contributed by atoms with van der Waals surface area (Å²) < 4.78 is 0. The van der Waals surface area contributed by atoms with Crippen LogP contribution in [0.2, 0.25) is 0 Å². The fourth-order valence-electron chi connectivity index (χ4n) is 3.00. The van der Waals surface area contributed by atoms with Crippen molar-refractivity contribution in [3.63, 3.8) is 0 Å². The summed E-state index contributed by atoms with van der Waals surface area (Å²) in [5.74, 6) is 2.56. The Hall–Kier alpha value is -1.09. The third-order valence-electron chi connectivity index (χ3n) is 4.28. The zero-order valence-electron chi connectivity index (χ0n) is 12.3. The third kappa shape index (κ3) is 3.47. The maximum absolute atomic E-state index is 9.88. The van der Waals surface area contributed by atoms with Gasteiger partial charge in [-0.05, 0) is 44.1 Å². The number of aliphatic hydroxyl groups is 1. The Labute approximate surface area is 116 Å². The molecule has 0 aliphatic carbocycles. The highest BCUT2D eigenvalue weighted by Crippen LogP contribution is 2.29. The van der Waals surface area contributed by atoms with Crippen LogP contribution in [0.5, 0.6) is 0 Å². The normalized spacial score (nSPS) is 22.4. The smallest absolute Gasteiger partial charge is 0.134 e. The van der Waals surface area contributed by atoms with E-state index >= 15 is 0 Å². The summed E-state index contributed by atoms with van der Waals surface area (Å²) in [6, 6.07) is 3.89. The monoisotopic (exact) mass is 262 g/mol. The lowest BCUT2D eigenvalue weighted by Crippen LogP contribution is -2.27. The highest BCUT2D eigenvalue weighted by atomic mass is 16.3. The zero-order valence-corrected chi connectivity index (χ0v) is 12.3. The van der Waals surface area contributed by atoms with E-state index in [1.807, 2.05) is 25.3 Å². The van der Waals surface area contributed by atoms with E-state index in [0.29, 0.717) is 0 Å². The molecule has 0 amide bonds. The van der Waals surface area contributed by atoms with E-state index in [1.165, 1.54) is 19.3 Å². The van der Waals surface area contributed by atoms with Gasteiger partial charge in [-0.1, -0.05) is 19.9 Å². The van der Waals surface area contributed by atoms with Crippen LogP contribution in [0.4, 0.5) is 5.82 Å². The number of rotatable bonds is 3. The SMILES string of the molecule is CC(C)C1CCCN(c2ncccc2[C@H](C)O)CC1. The van der Waals surface area contributed by atoms with Gasteiger partial charge >= 0.3 is 0 Å². The Bertz CT molecular complexity index is 403. The molecule has 0 aromatic carbocycles. The maximum Gasteiger partial charge on any atom is 0.134 e. The molecule has 1 unspecified atom stereocenters. The van der Waals surface area contributed by atoms with E-state index in [2.05, 4.69) is 23.7 Å². The minimum atomic E-state index is -0.451. The Morgan fingerprint density at radius 3 is 2.74 bits per heavy atom. The van der Waals surface area contributed by atoms with Crippen molar-refractivity contribution in [3.05, 3.63) is 23.9 Å².